The number of benzene rings is 1. The Balaban J connectivity index is 1.48. The molecule has 1 aromatic rings. The van der Waals surface area contributed by atoms with Crippen molar-refractivity contribution in [3.63, 3.8) is 0 Å². The highest BCUT2D eigenvalue weighted by atomic mass is 19.1. The first-order valence-electron chi connectivity index (χ1n) is 10.2. The maximum absolute atomic E-state index is 13.8. The Bertz CT molecular complexity index is 704. The Hall–Kier alpha value is -2.15. The number of ether oxygens (including phenoxy) is 1. The molecule has 0 bridgehead atoms. The fourth-order valence-electron chi connectivity index (χ4n) is 3.82. The summed E-state index contributed by atoms with van der Waals surface area (Å²) < 4.78 is 19.5. The van der Waals surface area contributed by atoms with Crippen LogP contribution in [0, 0.1) is 11.7 Å². The number of rotatable bonds is 8. The number of hydrogen-bond acceptors (Lipinski definition) is 5. The van der Waals surface area contributed by atoms with E-state index in [2.05, 4.69) is 9.80 Å². The van der Waals surface area contributed by atoms with Gasteiger partial charge >= 0.3 is 0 Å². The molecule has 0 spiro atoms. The number of halogens is 1. The van der Waals surface area contributed by atoms with Gasteiger partial charge in [0.25, 0.3) is 0 Å². The van der Waals surface area contributed by atoms with Gasteiger partial charge in [-0.2, -0.15) is 0 Å². The Labute approximate surface area is 166 Å². The lowest BCUT2D eigenvalue weighted by Crippen LogP contribution is -2.47. The Morgan fingerprint density at radius 1 is 1.14 bits per heavy atom. The van der Waals surface area contributed by atoms with E-state index in [-0.39, 0.29) is 23.5 Å². The van der Waals surface area contributed by atoms with Crippen molar-refractivity contribution < 1.29 is 18.7 Å². The second-order valence-electron chi connectivity index (χ2n) is 7.63. The van der Waals surface area contributed by atoms with E-state index < -0.39 is 0 Å². The number of likely N-dealkylation sites (tertiary alicyclic amines) is 1. The minimum absolute atomic E-state index is 0.0412. The number of nitrogens with zero attached hydrogens (tertiary/aromatic N) is 3. The predicted octanol–water partition coefficient (Wildman–Crippen LogP) is 2.52. The molecule has 0 radical (unpaired) electrons. The van der Waals surface area contributed by atoms with Crippen LogP contribution < -0.4 is 9.64 Å². The monoisotopic (exact) mass is 391 g/mol. The van der Waals surface area contributed by atoms with Gasteiger partial charge in [-0.1, -0.05) is 13.8 Å². The van der Waals surface area contributed by atoms with Crippen LogP contribution in [0.5, 0.6) is 5.75 Å². The first-order chi connectivity index (χ1) is 13.5. The minimum atomic E-state index is -0.254. The van der Waals surface area contributed by atoms with Crippen molar-refractivity contribution in [2.24, 2.45) is 5.92 Å². The molecule has 1 atom stereocenters. The van der Waals surface area contributed by atoms with Gasteiger partial charge in [-0.05, 0) is 31.5 Å². The molecule has 3 rings (SSSR count). The summed E-state index contributed by atoms with van der Waals surface area (Å²) in [7, 11) is 0. The van der Waals surface area contributed by atoms with Crippen LogP contribution >= 0.6 is 0 Å². The molecule has 28 heavy (non-hydrogen) atoms. The normalized spacial score (nSPS) is 20.9. The number of anilines is 1. The molecule has 2 aliphatic heterocycles. The lowest BCUT2D eigenvalue weighted by Gasteiger charge is -2.37. The van der Waals surface area contributed by atoms with Crippen molar-refractivity contribution in [1.82, 2.24) is 9.80 Å². The zero-order valence-corrected chi connectivity index (χ0v) is 16.8. The first kappa shape index (κ1) is 20.6. The van der Waals surface area contributed by atoms with E-state index in [1.54, 1.807) is 12.1 Å². The molecule has 1 aromatic carbocycles. The molecule has 1 unspecified atom stereocenters. The molecule has 6 nitrogen and oxygen atoms in total. The molecule has 0 N–H and O–H groups in total. The molecule has 2 aliphatic rings. The van der Waals surface area contributed by atoms with Crippen molar-refractivity contribution in [3.05, 3.63) is 24.0 Å². The van der Waals surface area contributed by atoms with Crippen molar-refractivity contribution in [3.8, 4) is 5.75 Å². The molecule has 0 aromatic heterocycles. The van der Waals surface area contributed by atoms with E-state index in [0.717, 1.165) is 57.0 Å². The van der Waals surface area contributed by atoms with E-state index in [1.165, 1.54) is 11.0 Å². The third-order valence-corrected chi connectivity index (χ3v) is 5.42. The fraction of sp³-hybridized carbons (Fsp3) is 0.619. The van der Waals surface area contributed by atoms with Crippen molar-refractivity contribution in [2.45, 2.75) is 33.1 Å². The van der Waals surface area contributed by atoms with Gasteiger partial charge in [0.15, 0.2) is 0 Å². The molecule has 0 saturated carbocycles. The van der Waals surface area contributed by atoms with Crippen molar-refractivity contribution >= 4 is 17.5 Å². The summed E-state index contributed by atoms with van der Waals surface area (Å²) in [4.78, 5) is 29.7. The van der Waals surface area contributed by atoms with E-state index in [0.29, 0.717) is 19.6 Å². The highest BCUT2D eigenvalue weighted by Crippen LogP contribution is 2.30. The summed E-state index contributed by atoms with van der Waals surface area (Å²) >= 11 is 0. The van der Waals surface area contributed by atoms with Gasteiger partial charge in [0.1, 0.15) is 11.6 Å². The van der Waals surface area contributed by atoms with Crippen LogP contribution in [0.4, 0.5) is 10.1 Å². The van der Waals surface area contributed by atoms with E-state index in [4.69, 9.17) is 4.74 Å². The molecule has 154 valence electrons. The second-order valence-corrected chi connectivity index (χ2v) is 7.63. The highest BCUT2D eigenvalue weighted by molar-refractivity contribution is 6.03. The molecule has 7 heteroatoms. The largest absolute Gasteiger partial charge is 0.491 e. The summed E-state index contributed by atoms with van der Waals surface area (Å²) in [5, 5.41) is 0. The summed E-state index contributed by atoms with van der Waals surface area (Å²) in [5.74, 6) is 0.215. The Morgan fingerprint density at radius 2 is 1.89 bits per heavy atom. The lowest BCUT2D eigenvalue weighted by molar-refractivity contribution is -0.139. The van der Waals surface area contributed by atoms with Gasteiger partial charge in [0, 0.05) is 51.1 Å². The third kappa shape index (κ3) is 4.82. The smallest absolute Gasteiger partial charge is 0.232 e. The minimum Gasteiger partial charge on any atom is -0.491 e. The maximum Gasteiger partial charge on any atom is 0.232 e. The molecule has 2 saturated heterocycles. The fourth-order valence-corrected chi connectivity index (χ4v) is 3.82. The lowest BCUT2D eigenvalue weighted by atomic mass is 10.1. The number of hydrogen-bond donors (Lipinski definition) is 0. The van der Waals surface area contributed by atoms with Gasteiger partial charge in [0.05, 0.1) is 12.3 Å². The Morgan fingerprint density at radius 3 is 2.54 bits per heavy atom. The van der Waals surface area contributed by atoms with E-state index >= 15 is 0 Å². The van der Waals surface area contributed by atoms with Gasteiger partial charge in [-0.25, -0.2) is 4.39 Å². The van der Waals surface area contributed by atoms with Gasteiger partial charge in [-0.15, -0.1) is 0 Å². The first-order valence-corrected chi connectivity index (χ1v) is 10.2. The number of imide groups is 1. The van der Waals surface area contributed by atoms with Crippen molar-refractivity contribution in [2.75, 3.05) is 50.8 Å². The maximum atomic E-state index is 13.8. The predicted molar refractivity (Wildman–Crippen MR) is 106 cm³/mol. The average Bonchev–Trinajstić information content (AvgIpc) is 2.93. The second kappa shape index (κ2) is 9.37. The molecule has 2 fully saturated rings. The molecular formula is C21H30FN3O3. The number of amides is 2. The topological polar surface area (TPSA) is 53.1 Å². The van der Waals surface area contributed by atoms with Crippen LogP contribution in [0.2, 0.25) is 0 Å². The zero-order chi connectivity index (χ0) is 20.1. The molecule has 0 aliphatic carbocycles. The molecule has 2 amide bonds. The molecule has 2 heterocycles. The van der Waals surface area contributed by atoms with Crippen LogP contribution in [0.15, 0.2) is 18.2 Å². The summed E-state index contributed by atoms with van der Waals surface area (Å²) in [5.41, 5.74) is 0.815. The highest BCUT2D eigenvalue weighted by Gasteiger charge is 2.35. The SMILES string of the molecule is CCCOc1ccc(F)cc1N1CCN(CCCN2C(=O)CC(C)C2=O)CC1. The Kier molecular flexibility index (Phi) is 6.88. The van der Waals surface area contributed by atoms with Crippen LogP contribution in [0.1, 0.15) is 33.1 Å². The zero-order valence-electron chi connectivity index (χ0n) is 16.8. The van der Waals surface area contributed by atoms with E-state index in [9.17, 15) is 14.0 Å². The summed E-state index contributed by atoms with van der Waals surface area (Å²) in [6, 6.07) is 4.69. The van der Waals surface area contributed by atoms with Crippen LogP contribution in [0.25, 0.3) is 0 Å². The molecular weight excluding hydrogens is 361 g/mol. The number of piperazine rings is 1. The average molecular weight is 391 g/mol. The van der Waals surface area contributed by atoms with E-state index in [1.807, 2.05) is 13.8 Å². The van der Waals surface area contributed by atoms with Gasteiger partial charge < -0.3 is 9.64 Å². The van der Waals surface area contributed by atoms with Crippen molar-refractivity contribution in [1.29, 1.82) is 0 Å². The third-order valence-electron chi connectivity index (χ3n) is 5.42. The van der Waals surface area contributed by atoms with Crippen LogP contribution in [-0.2, 0) is 9.59 Å². The van der Waals surface area contributed by atoms with Crippen LogP contribution in [-0.4, -0.2) is 67.5 Å². The van der Waals surface area contributed by atoms with Gasteiger partial charge in [-0.3, -0.25) is 19.4 Å². The quantitative estimate of drug-likeness (QED) is 0.638. The summed E-state index contributed by atoms with van der Waals surface area (Å²) in [6.45, 7) is 9.14. The van der Waals surface area contributed by atoms with Crippen LogP contribution in [0.3, 0.4) is 0 Å². The standard InChI is InChI=1S/C21H30FN3O3/c1-3-13-28-19-6-5-17(22)15-18(19)24-11-9-23(10-12-24)7-4-8-25-20(26)14-16(2)21(25)27/h5-6,15-16H,3-4,7-14H2,1-2H3. The summed E-state index contributed by atoms with van der Waals surface area (Å²) in [6.07, 6.45) is 2.04. The number of carbonyl (C=O) groups excluding carboxylic acids is 2. The van der Waals surface area contributed by atoms with Gasteiger partial charge in [0.2, 0.25) is 11.8 Å². The number of carbonyl (C=O) groups is 2.